The summed E-state index contributed by atoms with van der Waals surface area (Å²) in [5.74, 6) is -1.52. The van der Waals surface area contributed by atoms with Crippen molar-refractivity contribution in [2.45, 2.75) is 64.1 Å². The van der Waals surface area contributed by atoms with Gasteiger partial charge in [0.05, 0.1) is 12.1 Å². The van der Waals surface area contributed by atoms with E-state index < -0.39 is 24.1 Å². The molecular weight excluding hydrogens is 444 g/mol. The predicted molar refractivity (Wildman–Crippen MR) is 136 cm³/mol. The average Bonchev–Trinajstić information content (AvgIpc) is 3.42. The Kier molecular flexibility index (Phi) is 9.77. The van der Waals surface area contributed by atoms with Crippen LogP contribution in [-0.4, -0.2) is 65.5 Å². The van der Waals surface area contributed by atoms with Crippen molar-refractivity contribution < 1.29 is 19.5 Å². The normalized spacial score (nSPS) is 17.3. The lowest BCUT2D eigenvalue weighted by atomic mass is 9.96. The van der Waals surface area contributed by atoms with Gasteiger partial charge in [-0.2, -0.15) is 0 Å². The van der Waals surface area contributed by atoms with E-state index in [2.05, 4.69) is 10.6 Å². The highest BCUT2D eigenvalue weighted by atomic mass is 16.3. The summed E-state index contributed by atoms with van der Waals surface area (Å²) < 4.78 is 0. The number of rotatable bonds is 11. The number of carbonyl (C=O) groups is 3. The quantitative estimate of drug-likeness (QED) is 0.387. The van der Waals surface area contributed by atoms with Gasteiger partial charge in [-0.1, -0.05) is 56.3 Å². The number of amides is 3. The van der Waals surface area contributed by atoms with Crippen LogP contribution in [0.15, 0.2) is 42.5 Å². The third kappa shape index (κ3) is 6.66. The van der Waals surface area contributed by atoms with E-state index in [0.717, 1.165) is 22.8 Å². The zero-order valence-corrected chi connectivity index (χ0v) is 20.7. The van der Waals surface area contributed by atoms with Gasteiger partial charge in [0.15, 0.2) is 0 Å². The Balaban J connectivity index is 2.00. The molecule has 3 rings (SSSR count). The lowest BCUT2D eigenvalue weighted by molar-refractivity contribution is -0.155. The molecule has 1 aliphatic heterocycles. The zero-order chi connectivity index (χ0) is 25.4. The fourth-order valence-electron chi connectivity index (χ4n) is 4.62. The van der Waals surface area contributed by atoms with Crippen LogP contribution in [0.5, 0.6) is 0 Å². The number of aliphatic hydroxyl groups is 1. The highest BCUT2D eigenvalue weighted by molar-refractivity contribution is 6.03. The number of carbonyl (C=O) groups excluding carboxylic acids is 3. The molecule has 0 radical (unpaired) electrons. The summed E-state index contributed by atoms with van der Waals surface area (Å²) in [4.78, 5) is 42.0. The van der Waals surface area contributed by atoms with Crippen molar-refractivity contribution in [3.63, 3.8) is 0 Å². The molecule has 1 saturated heterocycles. The summed E-state index contributed by atoms with van der Waals surface area (Å²) in [5.41, 5.74) is 6.34. The summed E-state index contributed by atoms with van der Waals surface area (Å²) in [6, 6.07) is 12.3. The van der Waals surface area contributed by atoms with Crippen LogP contribution in [-0.2, 0) is 20.8 Å². The van der Waals surface area contributed by atoms with E-state index in [9.17, 15) is 19.5 Å². The monoisotopic (exact) mass is 482 g/mol. The van der Waals surface area contributed by atoms with Gasteiger partial charge in [-0.15, -0.1) is 0 Å². The van der Waals surface area contributed by atoms with Gasteiger partial charge in [0.25, 0.3) is 0 Å². The van der Waals surface area contributed by atoms with Crippen molar-refractivity contribution in [3.8, 4) is 0 Å². The van der Waals surface area contributed by atoms with Crippen LogP contribution in [0.4, 0.5) is 0 Å². The summed E-state index contributed by atoms with van der Waals surface area (Å²) in [7, 11) is 0. The Morgan fingerprint density at radius 1 is 1.14 bits per heavy atom. The molecule has 190 valence electrons. The number of imide groups is 1. The van der Waals surface area contributed by atoms with Crippen molar-refractivity contribution >= 4 is 28.5 Å². The first-order valence-electron chi connectivity index (χ1n) is 12.6. The number of nitrogens with two attached hydrogens (primary N) is 1. The van der Waals surface area contributed by atoms with Gasteiger partial charge >= 0.3 is 0 Å². The van der Waals surface area contributed by atoms with Crippen molar-refractivity contribution in [2.24, 2.45) is 11.7 Å². The van der Waals surface area contributed by atoms with Crippen LogP contribution in [0.3, 0.4) is 0 Å². The Labute approximate surface area is 207 Å². The van der Waals surface area contributed by atoms with Crippen molar-refractivity contribution in [1.29, 1.82) is 0 Å². The number of benzene rings is 2. The Bertz CT molecular complexity index is 1000. The SMILES string of the molecule is CCC(CC)C(=O)N(C(=O)[C@H]1CCCN1)[C@H](Cc1ccc2ccccc2c1)C(=O)NCC(O)CN. The van der Waals surface area contributed by atoms with Gasteiger partial charge in [0.1, 0.15) is 6.04 Å². The molecule has 3 atom stereocenters. The maximum atomic E-state index is 13.7. The van der Waals surface area contributed by atoms with Gasteiger partial charge in [0, 0.05) is 25.4 Å². The molecule has 1 unspecified atom stereocenters. The molecule has 5 N–H and O–H groups in total. The number of fused-ring (bicyclic) bond motifs is 1. The Morgan fingerprint density at radius 2 is 1.86 bits per heavy atom. The largest absolute Gasteiger partial charge is 0.390 e. The summed E-state index contributed by atoms with van der Waals surface area (Å²) in [6.45, 7) is 4.48. The second kappa shape index (κ2) is 12.8. The molecular formula is C27H38N4O4. The van der Waals surface area contributed by atoms with Crippen LogP contribution in [0, 0.1) is 5.92 Å². The second-order valence-corrected chi connectivity index (χ2v) is 9.24. The fourth-order valence-corrected chi connectivity index (χ4v) is 4.62. The first-order chi connectivity index (χ1) is 16.9. The van der Waals surface area contributed by atoms with E-state index in [1.807, 2.05) is 56.3 Å². The van der Waals surface area contributed by atoms with Crippen LogP contribution < -0.4 is 16.4 Å². The summed E-state index contributed by atoms with van der Waals surface area (Å²) in [5, 5.41) is 17.9. The minimum absolute atomic E-state index is 0.00304. The molecule has 3 amide bonds. The maximum Gasteiger partial charge on any atom is 0.247 e. The molecule has 0 saturated carbocycles. The molecule has 0 aliphatic carbocycles. The maximum absolute atomic E-state index is 13.7. The van der Waals surface area contributed by atoms with Crippen LogP contribution in [0.2, 0.25) is 0 Å². The van der Waals surface area contributed by atoms with Gasteiger partial charge in [-0.05, 0) is 48.6 Å². The number of aliphatic hydroxyl groups excluding tert-OH is 1. The first-order valence-corrected chi connectivity index (χ1v) is 12.6. The van der Waals surface area contributed by atoms with Crippen molar-refractivity contribution in [3.05, 3.63) is 48.0 Å². The minimum Gasteiger partial charge on any atom is -0.390 e. The molecule has 0 bridgehead atoms. The zero-order valence-electron chi connectivity index (χ0n) is 20.7. The van der Waals surface area contributed by atoms with Crippen molar-refractivity contribution in [1.82, 2.24) is 15.5 Å². The fraction of sp³-hybridized carbons (Fsp3) is 0.519. The van der Waals surface area contributed by atoms with E-state index >= 15 is 0 Å². The molecule has 0 spiro atoms. The molecule has 8 heteroatoms. The molecule has 0 aromatic heterocycles. The molecule has 2 aromatic rings. The van der Waals surface area contributed by atoms with Gasteiger partial charge < -0.3 is 21.5 Å². The molecule has 35 heavy (non-hydrogen) atoms. The Hall–Kier alpha value is -2.81. The number of nitrogens with one attached hydrogen (secondary N) is 2. The third-order valence-electron chi connectivity index (χ3n) is 6.81. The van der Waals surface area contributed by atoms with Crippen LogP contribution >= 0.6 is 0 Å². The van der Waals surface area contributed by atoms with Gasteiger partial charge in [-0.3, -0.25) is 19.3 Å². The predicted octanol–water partition coefficient (Wildman–Crippen LogP) is 1.73. The van der Waals surface area contributed by atoms with Gasteiger partial charge in [0.2, 0.25) is 17.7 Å². The van der Waals surface area contributed by atoms with Gasteiger partial charge in [-0.25, -0.2) is 0 Å². The number of nitrogens with zero attached hydrogens (tertiary/aromatic N) is 1. The molecule has 2 aromatic carbocycles. The standard InChI is InChI=1S/C27H38N4O4/c1-3-19(4-2)26(34)31(27(35)23-10-7-13-29-23)24(25(33)30-17-22(32)16-28)15-18-11-12-20-8-5-6-9-21(20)14-18/h5-6,8-9,11-12,14,19,22-24,29,32H,3-4,7,10,13,15-17,28H2,1-2H3,(H,30,33)/t22?,23-,24-/m1/s1. The number of hydrogen-bond acceptors (Lipinski definition) is 6. The van der Waals surface area contributed by atoms with E-state index in [1.54, 1.807) is 0 Å². The Morgan fingerprint density at radius 3 is 2.49 bits per heavy atom. The first kappa shape index (κ1) is 26.8. The lowest BCUT2D eigenvalue weighted by Crippen LogP contribution is -2.59. The second-order valence-electron chi connectivity index (χ2n) is 9.24. The molecule has 1 aliphatic rings. The van der Waals surface area contributed by atoms with E-state index in [1.165, 1.54) is 4.90 Å². The molecule has 8 nitrogen and oxygen atoms in total. The van der Waals surface area contributed by atoms with Crippen LogP contribution in [0.1, 0.15) is 45.1 Å². The van der Waals surface area contributed by atoms with E-state index in [-0.39, 0.29) is 37.2 Å². The molecule has 1 fully saturated rings. The minimum atomic E-state index is -1.04. The topological polar surface area (TPSA) is 125 Å². The highest BCUT2D eigenvalue weighted by Crippen LogP contribution is 2.23. The number of hydrogen-bond donors (Lipinski definition) is 4. The average molecular weight is 483 g/mol. The van der Waals surface area contributed by atoms with E-state index in [4.69, 9.17) is 5.73 Å². The summed E-state index contributed by atoms with van der Waals surface area (Å²) >= 11 is 0. The smallest absolute Gasteiger partial charge is 0.247 e. The molecule has 1 heterocycles. The summed E-state index contributed by atoms with van der Waals surface area (Å²) in [6.07, 6.45) is 1.89. The lowest BCUT2D eigenvalue weighted by Gasteiger charge is -2.34. The van der Waals surface area contributed by atoms with E-state index in [0.29, 0.717) is 25.8 Å². The van der Waals surface area contributed by atoms with Crippen molar-refractivity contribution in [2.75, 3.05) is 19.6 Å². The van der Waals surface area contributed by atoms with Crippen LogP contribution in [0.25, 0.3) is 10.8 Å². The highest BCUT2D eigenvalue weighted by Gasteiger charge is 2.40. The third-order valence-corrected chi connectivity index (χ3v) is 6.81.